The minimum atomic E-state index is -0.749. The fourth-order valence-electron chi connectivity index (χ4n) is 2.96. The molecule has 0 fully saturated rings. The Morgan fingerprint density at radius 3 is 2.73 bits per heavy atom. The van der Waals surface area contributed by atoms with Gasteiger partial charge in [0.1, 0.15) is 23.1 Å². The molecule has 174 valence electrons. The van der Waals surface area contributed by atoms with E-state index in [2.05, 4.69) is 19.6 Å². The molecular formula is C22H22F3N5O2S. The number of hydrogen-bond donors (Lipinski definition) is 3. The summed E-state index contributed by atoms with van der Waals surface area (Å²) in [5, 5.41) is 19.3. The number of aliphatic hydroxyl groups is 1. The highest BCUT2D eigenvalue weighted by Crippen LogP contribution is 2.31. The van der Waals surface area contributed by atoms with Crippen molar-refractivity contribution in [2.75, 3.05) is 25.6 Å². The lowest BCUT2D eigenvalue weighted by Crippen LogP contribution is -2.03. The van der Waals surface area contributed by atoms with Gasteiger partial charge in [-0.1, -0.05) is 10.7 Å². The lowest BCUT2D eigenvalue weighted by molar-refractivity contribution is 0.291. The third-order valence-corrected chi connectivity index (χ3v) is 5.82. The Balaban J connectivity index is 1.88. The topological polar surface area (TPSA) is 103 Å². The van der Waals surface area contributed by atoms with E-state index in [1.54, 1.807) is 6.07 Å². The molecule has 0 amide bonds. The van der Waals surface area contributed by atoms with Gasteiger partial charge in [-0.3, -0.25) is 4.36 Å². The minimum Gasteiger partial charge on any atom is -0.496 e. The average Bonchev–Trinajstić information content (AvgIpc) is 2.79. The fraction of sp³-hybridized carbons (Fsp3) is 0.227. The van der Waals surface area contributed by atoms with Crippen molar-refractivity contribution in [1.82, 2.24) is 9.97 Å². The molecule has 3 rings (SSSR count). The third-order valence-electron chi connectivity index (χ3n) is 4.40. The number of aromatic nitrogens is 2. The van der Waals surface area contributed by atoms with E-state index in [1.807, 2.05) is 0 Å². The maximum atomic E-state index is 14.4. The molecule has 33 heavy (non-hydrogen) atoms. The molecule has 0 aliphatic heterocycles. The van der Waals surface area contributed by atoms with Crippen molar-refractivity contribution in [3.8, 4) is 17.0 Å². The van der Waals surface area contributed by atoms with Crippen LogP contribution in [0.4, 0.5) is 24.8 Å². The van der Waals surface area contributed by atoms with Crippen molar-refractivity contribution in [2.24, 2.45) is 4.36 Å². The molecule has 2 aromatic carbocycles. The number of ether oxygens (including phenoxy) is 1. The number of anilines is 2. The summed E-state index contributed by atoms with van der Waals surface area (Å²) in [5.41, 5.74) is 2.26. The largest absolute Gasteiger partial charge is 0.496 e. The number of nitrogens with zero attached hydrogens (tertiary/aromatic N) is 3. The van der Waals surface area contributed by atoms with Gasteiger partial charge in [-0.15, -0.1) is 0 Å². The second-order valence-corrected chi connectivity index (χ2v) is 8.39. The SMILES string of the molecule is COc1cc(F)ccc1-c1nc(Nc2cc(F)cc(CS(C=N)=NCCCO)c2)ncc1F. The van der Waals surface area contributed by atoms with Gasteiger partial charge in [0, 0.05) is 36.2 Å². The zero-order valence-electron chi connectivity index (χ0n) is 17.7. The summed E-state index contributed by atoms with van der Waals surface area (Å²) in [4.78, 5) is 8.07. The molecule has 11 heteroatoms. The highest BCUT2D eigenvalue weighted by Gasteiger charge is 2.15. The summed E-state index contributed by atoms with van der Waals surface area (Å²) in [6, 6.07) is 7.88. The van der Waals surface area contributed by atoms with Gasteiger partial charge in [0.15, 0.2) is 5.82 Å². The summed E-state index contributed by atoms with van der Waals surface area (Å²) < 4.78 is 51.6. The van der Waals surface area contributed by atoms with Crippen LogP contribution in [-0.4, -0.2) is 40.9 Å². The van der Waals surface area contributed by atoms with Crippen LogP contribution in [0.25, 0.3) is 11.3 Å². The molecule has 0 bridgehead atoms. The zero-order chi connectivity index (χ0) is 23.8. The van der Waals surface area contributed by atoms with Gasteiger partial charge < -0.3 is 20.6 Å². The van der Waals surface area contributed by atoms with Gasteiger partial charge in [-0.2, -0.15) is 0 Å². The van der Waals surface area contributed by atoms with E-state index in [0.29, 0.717) is 30.0 Å². The quantitative estimate of drug-likeness (QED) is 0.225. The van der Waals surface area contributed by atoms with E-state index in [-0.39, 0.29) is 29.6 Å². The van der Waals surface area contributed by atoms with Gasteiger partial charge in [-0.25, -0.2) is 23.1 Å². The minimum absolute atomic E-state index is 0.00742. The van der Waals surface area contributed by atoms with E-state index >= 15 is 0 Å². The lowest BCUT2D eigenvalue weighted by Gasteiger charge is -2.12. The van der Waals surface area contributed by atoms with Crippen LogP contribution in [0.5, 0.6) is 5.75 Å². The van der Waals surface area contributed by atoms with Crippen molar-refractivity contribution in [3.63, 3.8) is 0 Å². The highest BCUT2D eigenvalue weighted by atomic mass is 32.2. The van der Waals surface area contributed by atoms with Crippen molar-refractivity contribution in [1.29, 1.82) is 5.41 Å². The van der Waals surface area contributed by atoms with Gasteiger partial charge in [0.25, 0.3) is 0 Å². The van der Waals surface area contributed by atoms with Gasteiger partial charge in [-0.05, 0) is 42.3 Å². The summed E-state index contributed by atoms with van der Waals surface area (Å²) in [7, 11) is 0.588. The predicted octanol–water partition coefficient (Wildman–Crippen LogP) is 4.60. The summed E-state index contributed by atoms with van der Waals surface area (Å²) in [5.74, 6) is -1.35. The molecule has 1 aromatic heterocycles. The first-order chi connectivity index (χ1) is 15.9. The number of methoxy groups -OCH3 is 1. The Bertz CT molecular complexity index is 1180. The van der Waals surface area contributed by atoms with Crippen LogP contribution in [0, 0.1) is 22.9 Å². The summed E-state index contributed by atoms with van der Waals surface area (Å²) in [6.45, 7) is 0.421. The number of benzene rings is 2. The highest BCUT2D eigenvalue weighted by molar-refractivity contribution is 7.99. The zero-order valence-corrected chi connectivity index (χ0v) is 18.5. The van der Waals surface area contributed by atoms with E-state index in [1.165, 1.54) is 30.9 Å². The maximum absolute atomic E-state index is 14.4. The Hall–Kier alpha value is -3.31. The number of halogens is 3. The molecule has 1 atom stereocenters. The van der Waals surface area contributed by atoms with E-state index in [9.17, 15) is 13.2 Å². The van der Waals surface area contributed by atoms with Crippen molar-refractivity contribution in [3.05, 3.63) is 65.6 Å². The predicted molar refractivity (Wildman–Crippen MR) is 122 cm³/mol. The van der Waals surface area contributed by atoms with Crippen LogP contribution in [0.2, 0.25) is 0 Å². The molecule has 1 heterocycles. The molecular weight excluding hydrogens is 455 g/mol. The molecule has 0 saturated heterocycles. The van der Waals surface area contributed by atoms with Gasteiger partial charge >= 0.3 is 0 Å². The van der Waals surface area contributed by atoms with Crippen molar-refractivity contribution in [2.45, 2.75) is 12.2 Å². The van der Waals surface area contributed by atoms with Gasteiger partial charge in [0.2, 0.25) is 5.95 Å². The number of rotatable bonds is 10. The van der Waals surface area contributed by atoms with Crippen LogP contribution >= 0.6 is 0 Å². The average molecular weight is 478 g/mol. The molecule has 7 nitrogen and oxygen atoms in total. The molecule has 0 spiro atoms. The molecule has 1 unspecified atom stereocenters. The van der Waals surface area contributed by atoms with E-state index in [0.717, 1.165) is 18.3 Å². The Morgan fingerprint density at radius 2 is 2.00 bits per heavy atom. The third kappa shape index (κ3) is 6.59. The van der Waals surface area contributed by atoms with E-state index < -0.39 is 28.1 Å². The molecule has 0 saturated carbocycles. The summed E-state index contributed by atoms with van der Waals surface area (Å²) in [6.07, 6.45) is 1.45. The Morgan fingerprint density at radius 1 is 1.18 bits per heavy atom. The van der Waals surface area contributed by atoms with Crippen molar-refractivity contribution < 1.29 is 23.0 Å². The molecule has 0 aliphatic carbocycles. The molecule has 0 aliphatic rings. The lowest BCUT2D eigenvalue weighted by atomic mass is 10.1. The first-order valence-electron chi connectivity index (χ1n) is 9.85. The fourth-order valence-corrected chi connectivity index (χ4v) is 4.08. The van der Waals surface area contributed by atoms with Gasteiger partial charge in [0.05, 0.1) is 18.9 Å². The monoisotopic (exact) mass is 477 g/mol. The molecule has 3 N–H and O–H groups in total. The maximum Gasteiger partial charge on any atom is 0.227 e. The second kappa shape index (κ2) is 11.5. The van der Waals surface area contributed by atoms with Crippen LogP contribution in [-0.2, 0) is 16.4 Å². The number of nitrogens with one attached hydrogen (secondary N) is 2. The van der Waals surface area contributed by atoms with Crippen LogP contribution in [0.15, 0.2) is 47.0 Å². The Kier molecular flexibility index (Phi) is 8.50. The smallest absolute Gasteiger partial charge is 0.227 e. The van der Waals surface area contributed by atoms with E-state index in [4.69, 9.17) is 15.3 Å². The molecule has 0 radical (unpaired) electrons. The number of aliphatic hydroxyl groups excluding tert-OH is 1. The first kappa shape index (κ1) is 24.3. The normalized spacial score (nSPS) is 11.9. The molecule has 3 aromatic rings. The first-order valence-corrected chi connectivity index (χ1v) is 11.3. The Labute approximate surface area is 191 Å². The second-order valence-electron chi connectivity index (χ2n) is 6.80. The number of hydrogen-bond acceptors (Lipinski definition) is 7. The standard InChI is InChI=1S/C22H22F3N5O2S/c1-32-20-10-15(23)3-4-18(20)21-19(25)11-27-22(30-21)29-17-8-14(7-16(24)9-17)12-33(13-26)28-5-2-6-31/h3-4,7-11,13,26,31H,2,5-6,12H2,1H3,(H,27,29,30). The van der Waals surface area contributed by atoms with Crippen LogP contribution in [0.3, 0.4) is 0 Å². The van der Waals surface area contributed by atoms with Crippen LogP contribution in [0.1, 0.15) is 12.0 Å². The van der Waals surface area contributed by atoms with Crippen LogP contribution < -0.4 is 10.1 Å². The van der Waals surface area contributed by atoms with Crippen molar-refractivity contribution >= 4 is 27.9 Å². The summed E-state index contributed by atoms with van der Waals surface area (Å²) >= 11 is 0.